The van der Waals surface area contributed by atoms with Crippen LogP contribution < -0.4 is 9.62 Å². The summed E-state index contributed by atoms with van der Waals surface area (Å²) >= 11 is 3.01. The van der Waals surface area contributed by atoms with E-state index in [4.69, 9.17) is 4.74 Å². The monoisotopic (exact) mass is 405 g/mol. The molecule has 0 aromatic heterocycles. The second-order valence-corrected chi connectivity index (χ2v) is 8.83. The molecule has 1 atom stereocenters. The van der Waals surface area contributed by atoms with Crippen molar-refractivity contribution in [2.45, 2.75) is 6.04 Å². The van der Waals surface area contributed by atoms with E-state index in [9.17, 15) is 8.42 Å². The van der Waals surface area contributed by atoms with E-state index < -0.39 is 10.0 Å². The number of morpholine rings is 1. The number of halogens is 1. The van der Waals surface area contributed by atoms with Crippen molar-refractivity contribution in [1.29, 1.82) is 0 Å². The first-order valence-electron chi connectivity index (χ1n) is 7.55. The lowest BCUT2D eigenvalue weighted by Crippen LogP contribution is -2.43. The normalized spacial score (nSPS) is 17.9. The summed E-state index contributed by atoms with van der Waals surface area (Å²) in [6.07, 6.45) is 0. The van der Waals surface area contributed by atoms with E-state index in [2.05, 4.69) is 49.8 Å². The van der Waals surface area contributed by atoms with Gasteiger partial charge in [0.1, 0.15) is 4.66 Å². The maximum absolute atomic E-state index is 11.8. The number of anilines is 1. The predicted molar refractivity (Wildman–Crippen MR) is 96.6 cm³/mol. The molecule has 0 radical (unpaired) electrons. The summed E-state index contributed by atoms with van der Waals surface area (Å²) < 4.78 is 31.5. The van der Waals surface area contributed by atoms with Gasteiger partial charge >= 0.3 is 0 Å². The number of hydrogen-bond acceptors (Lipinski definition) is 5. The topological polar surface area (TPSA) is 61.9 Å². The molecule has 8 heteroatoms. The van der Waals surface area contributed by atoms with Crippen LogP contribution in [0.25, 0.3) is 0 Å². The van der Waals surface area contributed by atoms with Crippen LogP contribution in [-0.2, 0) is 14.8 Å². The Morgan fingerprint density at radius 3 is 2.39 bits per heavy atom. The lowest BCUT2D eigenvalue weighted by molar-refractivity contribution is 0.0172. The van der Waals surface area contributed by atoms with Gasteiger partial charge < -0.3 is 9.64 Å². The maximum atomic E-state index is 11.8. The number of benzene rings is 1. The Morgan fingerprint density at radius 1 is 1.26 bits per heavy atom. The molecule has 0 amide bonds. The average Bonchev–Trinajstić information content (AvgIpc) is 2.56. The van der Waals surface area contributed by atoms with Gasteiger partial charge in [0.15, 0.2) is 0 Å². The number of sulfonamides is 1. The number of nitrogens with zero attached hydrogens (tertiary/aromatic N) is 2. The first-order chi connectivity index (χ1) is 10.9. The highest BCUT2D eigenvalue weighted by Crippen LogP contribution is 2.24. The zero-order valence-electron chi connectivity index (χ0n) is 13.5. The molecule has 1 aromatic carbocycles. The third-order valence-electron chi connectivity index (χ3n) is 3.92. The number of rotatable bonds is 7. The van der Waals surface area contributed by atoms with Crippen molar-refractivity contribution < 1.29 is 13.2 Å². The number of alkyl halides is 1. The van der Waals surface area contributed by atoms with Crippen LogP contribution in [0.2, 0.25) is 0 Å². The molecular formula is C15H24BrN3O3S. The fraction of sp³-hybridized carbons (Fsp3) is 0.600. The summed E-state index contributed by atoms with van der Waals surface area (Å²) in [6, 6.07) is 8.25. The Kier molecular flexibility index (Phi) is 6.84. The van der Waals surface area contributed by atoms with Gasteiger partial charge in [-0.1, -0.05) is 28.1 Å². The van der Waals surface area contributed by atoms with Crippen LogP contribution in [0.3, 0.4) is 0 Å². The molecule has 0 aliphatic carbocycles. The molecule has 0 saturated carbocycles. The molecule has 1 N–H and O–H groups in total. The van der Waals surface area contributed by atoms with Crippen LogP contribution in [0.4, 0.5) is 5.69 Å². The highest BCUT2D eigenvalue weighted by atomic mass is 79.9. The Labute approximate surface area is 147 Å². The molecule has 6 nitrogen and oxygen atoms in total. The van der Waals surface area contributed by atoms with Gasteiger partial charge in [-0.25, -0.2) is 13.1 Å². The van der Waals surface area contributed by atoms with Crippen LogP contribution in [0.1, 0.15) is 11.6 Å². The second kappa shape index (κ2) is 8.43. The van der Waals surface area contributed by atoms with E-state index in [0.717, 1.165) is 24.3 Å². The molecule has 1 aliphatic heterocycles. The molecule has 2 rings (SSSR count). The van der Waals surface area contributed by atoms with Crippen LogP contribution in [0.5, 0.6) is 0 Å². The number of ether oxygens (including phenoxy) is 1. The molecule has 1 aromatic rings. The molecule has 1 saturated heterocycles. The third kappa shape index (κ3) is 5.42. The van der Waals surface area contributed by atoms with Crippen molar-refractivity contribution in [2.24, 2.45) is 0 Å². The fourth-order valence-electron chi connectivity index (χ4n) is 2.59. The summed E-state index contributed by atoms with van der Waals surface area (Å²) in [4.78, 5) is 4.31. The molecule has 23 heavy (non-hydrogen) atoms. The highest BCUT2D eigenvalue weighted by Gasteiger charge is 2.24. The van der Waals surface area contributed by atoms with Crippen LogP contribution in [0, 0.1) is 0 Å². The molecular weight excluding hydrogens is 382 g/mol. The van der Waals surface area contributed by atoms with Gasteiger partial charge in [-0.15, -0.1) is 0 Å². The van der Waals surface area contributed by atoms with Crippen LogP contribution >= 0.6 is 15.9 Å². The van der Waals surface area contributed by atoms with E-state index >= 15 is 0 Å². The quantitative estimate of drug-likeness (QED) is 0.694. The molecule has 1 heterocycles. The Morgan fingerprint density at radius 2 is 1.87 bits per heavy atom. The first-order valence-corrected chi connectivity index (χ1v) is 10.3. The minimum Gasteiger partial charge on any atom is -0.379 e. The molecule has 0 spiro atoms. The van der Waals surface area contributed by atoms with Crippen molar-refractivity contribution in [3.8, 4) is 0 Å². The van der Waals surface area contributed by atoms with E-state index in [-0.39, 0.29) is 10.7 Å². The lowest BCUT2D eigenvalue weighted by Gasteiger charge is -2.35. The van der Waals surface area contributed by atoms with Crippen molar-refractivity contribution in [1.82, 2.24) is 9.62 Å². The van der Waals surface area contributed by atoms with E-state index in [1.165, 1.54) is 0 Å². The van der Waals surface area contributed by atoms with Gasteiger partial charge in [0.05, 0.1) is 13.2 Å². The van der Waals surface area contributed by atoms with E-state index in [1.54, 1.807) is 0 Å². The summed E-state index contributed by atoms with van der Waals surface area (Å²) in [5.74, 6) is 0. The molecule has 0 unspecified atom stereocenters. The van der Waals surface area contributed by atoms with Crippen molar-refractivity contribution in [2.75, 3.05) is 56.5 Å². The SMILES string of the molecule is CN(C)c1ccc([C@H](CNS(=O)(=O)CBr)N2CCOCC2)cc1. The molecule has 130 valence electrons. The van der Waals surface area contributed by atoms with E-state index in [0.29, 0.717) is 19.8 Å². The lowest BCUT2D eigenvalue weighted by atomic mass is 10.0. The van der Waals surface area contributed by atoms with Crippen molar-refractivity contribution in [3.05, 3.63) is 29.8 Å². The average molecular weight is 406 g/mol. The van der Waals surface area contributed by atoms with Gasteiger partial charge in [-0.05, 0) is 17.7 Å². The van der Waals surface area contributed by atoms with Gasteiger partial charge in [-0.3, -0.25) is 4.90 Å². The minimum atomic E-state index is -3.28. The molecule has 1 aliphatic rings. The van der Waals surface area contributed by atoms with Gasteiger partial charge in [-0.2, -0.15) is 0 Å². The third-order valence-corrected chi connectivity index (χ3v) is 6.62. The fourth-order valence-corrected chi connectivity index (χ4v) is 3.56. The smallest absolute Gasteiger partial charge is 0.221 e. The summed E-state index contributed by atoms with van der Waals surface area (Å²) in [7, 11) is 0.715. The zero-order chi connectivity index (χ0) is 16.9. The second-order valence-electron chi connectivity index (χ2n) is 5.72. The van der Waals surface area contributed by atoms with Gasteiger partial charge in [0.2, 0.25) is 10.0 Å². The first kappa shape index (κ1) is 18.7. The van der Waals surface area contributed by atoms with E-state index in [1.807, 2.05) is 19.0 Å². The maximum Gasteiger partial charge on any atom is 0.221 e. The standard InChI is InChI=1S/C15H24BrN3O3S/c1-18(2)14-5-3-13(4-6-14)15(11-17-23(20,21)12-16)19-7-9-22-10-8-19/h3-6,15,17H,7-12H2,1-2H3/t15-/m0/s1. The number of hydrogen-bond donors (Lipinski definition) is 1. The summed E-state index contributed by atoms with van der Waals surface area (Å²) in [6.45, 7) is 3.32. The van der Waals surface area contributed by atoms with Crippen molar-refractivity contribution >= 4 is 31.6 Å². The molecule has 1 fully saturated rings. The van der Waals surface area contributed by atoms with Crippen LogP contribution in [0.15, 0.2) is 24.3 Å². The zero-order valence-corrected chi connectivity index (χ0v) is 15.9. The van der Waals surface area contributed by atoms with Gasteiger partial charge in [0.25, 0.3) is 0 Å². The number of nitrogens with one attached hydrogen (secondary N) is 1. The Hall–Kier alpha value is -0.670. The van der Waals surface area contributed by atoms with Crippen molar-refractivity contribution in [3.63, 3.8) is 0 Å². The largest absolute Gasteiger partial charge is 0.379 e. The minimum absolute atomic E-state index is 0.00365. The van der Waals surface area contributed by atoms with Crippen LogP contribution in [-0.4, -0.2) is 64.9 Å². The Balaban J connectivity index is 2.17. The summed E-state index contributed by atoms with van der Waals surface area (Å²) in [5.41, 5.74) is 2.23. The predicted octanol–water partition coefficient (Wildman–Crippen LogP) is 1.40. The highest BCUT2D eigenvalue weighted by molar-refractivity contribution is 9.10. The summed E-state index contributed by atoms with van der Waals surface area (Å²) in [5, 5.41) is 0. The Bertz CT molecular complexity index is 586. The molecule has 0 bridgehead atoms. The van der Waals surface area contributed by atoms with Gasteiger partial charge in [0, 0.05) is 45.5 Å².